The SMILES string of the molecule is Cc1nccn1CCN1CCC(C#N)CC1. The minimum Gasteiger partial charge on any atom is -0.334 e. The summed E-state index contributed by atoms with van der Waals surface area (Å²) in [5.41, 5.74) is 0. The van der Waals surface area contributed by atoms with Gasteiger partial charge in [0.15, 0.2) is 0 Å². The van der Waals surface area contributed by atoms with Gasteiger partial charge in [-0.3, -0.25) is 0 Å². The Morgan fingerprint density at radius 2 is 2.19 bits per heavy atom. The molecule has 0 spiro atoms. The standard InChI is InChI=1S/C12H18N4/c1-11-14-4-7-16(11)9-8-15-5-2-12(10-13)3-6-15/h4,7,12H,2-3,5-6,8-9H2,1H3. The van der Waals surface area contributed by atoms with E-state index < -0.39 is 0 Å². The van der Waals surface area contributed by atoms with Gasteiger partial charge in [-0.15, -0.1) is 0 Å². The van der Waals surface area contributed by atoms with E-state index in [9.17, 15) is 0 Å². The molecule has 1 aromatic heterocycles. The van der Waals surface area contributed by atoms with Crippen LogP contribution in [0.5, 0.6) is 0 Å². The van der Waals surface area contributed by atoms with Crippen LogP contribution >= 0.6 is 0 Å². The molecule has 0 radical (unpaired) electrons. The Bertz CT molecular complexity index is 369. The summed E-state index contributed by atoms with van der Waals surface area (Å²) < 4.78 is 2.18. The van der Waals surface area contributed by atoms with Crippen molar-refractivity contribution in [2.75, 3.05) is 19.6 Å². The third-order valence-electron chi connectivity index (χ3n) is 3.35. The molecule has 2 heterocycles. The summed E-state index contributed by atoms with van der Waals surface area (Å²) >= 11 is 0. The lowest BCUT2D eigenvalue weighted by atomic mass is 9.99. The molecule has 1 saturated heterocycles. The van der Waals surface area contributed by atoms with Crippen molar-refractivity contribution in [3.05, 3.63) is 18.2 Å². The Morgan fingerprint density at radius 3 is 2.75 bits per heavy atom. The highest BCUT2D eigenvalue weighted by Crippen LogP contribution is 2.15. The van der Waals surface area contributed by atoms with Gasteiger partial charge in [0.2, 0.25) is 0 Å². The van der Waals surface area contributed by atoms with Crippen LogP contribution in [0.4, 0.5) is 0 Å². The first kappa shape index (κ1) is 11.2. The van der Waals surface area contributed by atoms with E-state index in [0.717, 1.165) is 44.8 Å². The highest BCUT2D eigenvalue weighted by Gasteiger charge is 2.18. The smallest absolute Gasteiger partial charge is 0.105 e. The van der Waals surface area contributed by atoms with E-state index >= 15 is 0 Å². The van der Waals surface area contributed by atoms with Gasteiger partial charge in [-0.05, 0) is 32.9 Å². The van der Waals surface area contributed by atoms with E-state index in [1.807, 2.05) is 19.3 Å². The molecule has 1 aliphatic rings. The molecule has 0 amide bonds. The zero-order chi connectivity index (χ0) is 11.4. The zero-order valence-corrected chi connectivity index (χ0v) is 9.76. The first-order chi connectivity index (χ1) is 7.79. The summed E-state index contributed by atoms with van der Waals surface area (Å²) in [5, 5.41) is 8.81. The highest BCUT2D eigenvalue weighted by molar-refractivity contribution is 4.90. The molecule has 86 valence electrons. The molecule has 2 rings (SSSR count). The first-order valence-corrected chi connectivity index (χ1v) is 5.89. The van der Waals surface area contributed by atoms with E-state index in [2.05, 4.69) is 20.5 Å². The zero-order valence-electron chi connectivity index (χ0n) is 9.76. The van der Waals surface area contributed by atoms with Crippen LogP contribution in [0, 0.1) is 24.2 Å². The summed E-state index contributed by atoms with van der Waals surface area (Å²) in [6, 6.07) is 2.36. The van der Waals surface area contributed by atoms with Gasteiger partial charge in [0, 0.05) is 31.4 Å². The largest absolute Gasteiger partial charge is 0.334 e. The fourth-order valence-electron chi connectivity index (χ4n) is 2.17. The molecule has 4 nitrogen and oxygen atoms in total. The van der Waals surface area contributed by atoms with Gasteiger partial charge >= 0.3 is 0 Å². The summed E-state index contributed by atoms with van der Waals surface area (Å²) in [5.74, 6) is 1.36. The van der Waals surface area contributed by atoms with Gasteiger partial charge in [0.25, 0.3) is 0 Å². The second-order valence-corrected chi connectivity index (χ2v) is 4.41. The molecule has 0 aromatic carbocycles. The minimum absolute atomic E-state index is 0.284. The number of aryl methyl sites for hydroxylation is 1. The van der Waals surface area contributed by atoms with Gasteiger partial charge < -0.3 is 9.47 Å². The molecule has 1 aliphatic heterocycles. The maximum Gasteiger partial charge on any atom is 0.105 e. The Hall–Kier alpha value is -1.34. The van der Waals surface area contributed by atoms with E-state index in [1.165, 1.54) is 0 Å². The molecule has 1 aromatic rings. The molecule has 0 saturated carbocycles. The molecule has 0 N–H and O–H groups in total. The van der Waals surface area contributed by atoms with E-state index in [-0.39, 0.29) is 5.92 Å². The highest BCUT2D eigenvalue weighted by atomic mass is 15.2. The molecule has 0 bridgehead atoms. The summed E-state index contributed by atoms with van der Waals surface area (Å²) in [6.07, 6.45) is 5.92. The number of piperidine rings is 1. The predicted octanol–water partition coefficient (Wildman–Crippen LogP) is 1.43. The third kappa shape index (κ3) is 2.61. The lowest BCUT2D eigenvalue weighted by molar-refractivity contribution is 0.198. The summed E-state index contributed by atoms with van der Waals surface area (Å²) in [7, 11) is 0. The summed E-state index contributed by atoms with van der Waals surface area (Å²) in [6.45, 7) is 6.22. The number of hydrogen-bond donors (Lipinski definition) is 0. The van der Waals surface area contributed by atoms with Crippen molar-refractivity contribution >= 4 is 0 Å². The predicted molar refractivity (Wildman–Crippen MR) is 61.7 cm³/mol. The molecule has 4 heteroatoms. The van der Waals surface area contributed by atoms with Crippen LogP contribution < -0.4 is 0 Å². The molecule has 16 heavy (non-hydrogen) atoms. The topological polar surface area (TPSA) is 44.9 Å². The van der Waals surface area contributed by atoms with Crippen LogP contribution in [0.2, 0.25) is 0 Å². The quantitative estimate of drug-likeness (QED) is 0.771. The van der Waals surface area contributed by atoms with Gasteiger partial charge in [0.1, 0.15) is 5.82 Å². The molecule has 1 fully saturated rings. The molecule has 0 atom stereocenters. The van der Waals surface area contributed by atoms with Crippen molar-refractivity contribution in [1.29, 1.82) is 5.26 Å². The van der Waals surface area contributed by atoms with Crippen LogP contribution in [0.1, 0.15) is 18.7 Å². The normalized spacial score (nSPS) is 18.5. The van der Waals surface area contributed by atoms with Gasteiger partial charge in [0.05, 0.1) is 6.07 Å². The maximum absolute atomic E-state index is 8.81. The van der Waals surface area contributed by atoms with Crippen LogP contribution in [-0.2, 0) is 6.54 Å². The number of nitrogens with zero attached hydrogens (tertiary/aromatic N) is 4. The van der Waals surface area contributed by atoms with Crippen molar-refractivity contribution in [3.63, 3.8) is 0 Å². The fraction of sp³-hybridized carbons (Fsp3) is 0.667. The fourth-order valence-corrected chi connectivity index (χ4v) is 2.17. The molecule has 0 aliphatic carbocycles. The van der Waals surface area contributed by atoms with Crippen LogP contribution in [0.15, 0.2) is 12.4 Å². The number of aromatic nitrogens is 2. The van der Waals surface area contributed by atoms with Crippen LogP contribution in [0.3, 0.4) is 0 Å². The van der Waals surface area contributed by atoms with Gasteiger partial charge in [-0.1, -0.05) is 0 Å². The van der Waals surface area contributed by atoms with Crippen molar-refractivity contribution < 1.29 is 0 Å². The van der Waals surface area contributed by atoms with Crippen molar-refractivity contribution in [2.24, 2.45) is 5.92 Å². The lowest BCUT2D eigenvalue weighted by Gasteiger charge is -2.29. The number of imidazole rings is 1. The Morgan fingerprint density at radius 1 is 1.44 bits per heavy atom. The van der Waals surface area contributed by atoms with E-state index in [0.29, 0.717) is 0 Å². The molecule has 0 unspecified atom stereocenters. The molecular weight excluding hydrogens is 200 g/mol. The van der Waals surface area contributed by atoms with E-state index in [4.69, 9.17) is 5.26 Å². The van der Waals surface area contributed by atoms with Gasteiger partial charge in [-0.2, -0.15) is 5.26 Å². The lowest BCUT2D eigenvalue weighted by Crippen LogP contribution is -2.35. The molecular formula is C12H18N4. The second-order valence-electron chi connectivity index (χ2n) is 4.41. The monoisotopic (exact) mass is 218 g/mol. The van der Waals surface area contributed by atoms with Crippen LogP contribution in [-0.4, -0.2) is 34.1 Å². The Kier molecular flexibility index (Phi) is 3.58. The average Bonchev–Trinajstić information content (AvgIpc) is 2.73. The van der Waals surface area contributed by atoms with Gasteiger partial charge in [-0.25, -0.2) is 4.98 Å². The van der Waals surface area contributed by atoms with Crippen molar-refractivity contribution in [1.82, 2.24) is 14.5 Å². The van der Waals surface area contributed by atoms with Crippen LogP contribution in [0.25, 0.3) is 0 Å². The first-order valence-electron chi connectivity index (χ1n) is 5.89. The minimum atomic E-state index is 0.284. The summed E-state index contributed by atoms with van der Waals surface area (Å²) in [4.78, 5) is 6.64. The van der Waals surface area contributed by atoms with Crippen molar-refractivity contribution in [3.8, 4) is 6.07 Å². The average molecular weight is 218 g/mol. The number of nitriles is 1. The maximum atomic E-state index is 8.81. The van der Waals surface area contributed by atoms with Crippen molar-refractivity contribution in [2.45, 2.75) is 26.3 Å². The number of likely N-dealkylation sites (tertiary alicyclic amines) is 1. The number of hydrogen-bond acceptors (Lipinski definition) is 3. The Labute approximate surface area is 96.5 Å². The van der Waals surface area contributed by atoms with E-state index in [1.54, 1.807) is 0 Å². The number of rotatable bonds is 3. The Balaban J connectivity index is 1.76. The second kappa shape index (κ2) is 5.13. The third-order valence-corrected chi connectivity index (χ3v) is 3.35.